The van der Waals surface area contributed by atoms with Gasteiger partial charge in [-0.1, -0.05) is 30.7 Å². The van der Waals surface area contributed by atoms with Crippen molar-refractivity contribution < 1.29 is 13.9 Å². The molecule has 2 unspecified atom stereocenters. The van der Waals surface area contributed by atoms with Crippen LogP contribution in [-0.4, -0.2) is 29.9 Å². The molecule has 1 N–H and O–H groups in total. The van der Waals surface area contributed by atoms with E-state index in [0.29, 0.717) is 36.0 Å². The summed E-state index contributed by atoms with van der Waals surface area (Å²) in [5.41, 5.74) is 6.21. The quantitative estimate of drug-likeness (QED) is 0.548. The van der Waals surface area contributed by atoms with Gasteiger partial charge in [0.15, 0.2) is 11.5 Å². The second kappa shape index (κ2) is 9.49. The molecule has 5 rings (SSSR count). The summed E-state index contributed by atoms with van der Waals surface area (Å²) < 4.78 is 25.7. The Kier molecular flexibility index (Phi) is 6.24. The Morgan fingerprint density at radius 1 is 1.09 bits per heavy atom. The standard InChI is InChI=1S/C28H29FN4O2/c1-16-5-8-20-21(11-16)26-18(14-30-27(20)22-12-17(2)6-9-23(22)29)15-31-28(33-26)32-19-7-10-24(34-3)25(13-19)35-4/h5,7,9-13,15,17,20H,6,8,14H2,1-4H3,(H,31,32,33). The van der Waals surface area contributed by atoms with Crippen molar-refractivity contribution in [2.75, 3.05) is 19.5 Å². The number of hydrogen-bond acceptors (Lipinski definition) is 6. The van der Waals surface area contributed by atoms with Gasteiger partial charge < -0.3 is 14.8 Å². The molecule has 0 radical (unpaired) electrons. The number of aromatic nitrogens is 2. The van der Waals surface area contributed by atoms with E-state index in [1.807, 2.05) is 30.5 Å². The predicted molar refractivity (Wildman–Crippen MR) is 137 cm³/mol. The molecule has 0 bridgehead atoms. The van der Waals surface area contributed by atoms with Gasteiger partial charge >= 0.3 is 0 Å². The van der Waals surface area contributed by atoms with Crippen LogP contribution >= 0.6 is 0 Å². The number of hydrogen-bond donors (Lipinski definition) is 1. The molecule has 0 amide bonds. The van der Waals surface area contributed by atoms with E-state index in [-0.39, 0.29) is 17.7 Å². The Morgan fingerprint density at radius 3 is 2.71 bits per heavy atom. The zero-order chi connectivity index (χ0) is 24.5. The van der Waals surface area contributed by atoms with Gasteiger partial charge in [0.1, 0.15) is 5.83 Å². The van der Waals surface area contributed by atoms with Gasteiger partial charge in [0, 0.05) is 35.0 Å². The molecule has 2 atom stereocenters. The minimum Gasteiger partial charge on any atom is -0.493 e. The van der Waals surface area contributed by atoms with Crippen molar-refractivity contribution in [3.05, 3.63) is 76.9 Å². The highest BCUT2D eigenvalue weighted by molar-refractivity contribution is 6.11. The number of allylic oxidation sites excluding steroid dienone is 8. The van der Waals surface area contributed by atoms with Crippen molar-refractivity contribution >= 4 is 22.9 Å². The largest absolute Gasteiger partial charge is 0.493 e. The van der Waals surface area contributed by atoms with Gasteiger partial charge in [-0.05, 0) is 49.5 Å². The zero-order valence-electron chi connectivity index (χ0n) is 20.4. The van der Waals surface area contributed by atoms with Crippen molar-refractivity contribution in [3.8, 4) is 11.5 Å². The number of fused-ring (bicyclic) bond motifs is 3. The first-order chi connectivity index (χ1) is 17.0. The van der Waals surface area contributed by atoms with Crippen LogP contribution in [0.4, 0.5) is 16.0 Å². The second-order valence-corrected chi connectivity index (χ2v) is 9.15. The molecule has 0 saturated heterocycles. The van der Waals surface area contributed by atoms with Crippen molar-refractivity contribution in [2.24, 2.45) is 16.8 Å². The average molecular weight is 473 g/mol. The molecule has 3 aliphatic rings. The predicted octanol–water partition coefficient (Wildman–Crippen LogP) is 6.36. The topological polar surface area (TPSA) is 68.6 Å². The minimum absolute atomic E-state index is 0.0560. The van der Waals surface area contributed by atoms with Crippen molar-refractivity contribution in [1.82, 2.24) is 9.97 Å². The molecular weight excluding hydrogens is 443 g/mol. The minimum atomic E-state index is -0.180. The molecule has 2 heterocycles. The van der Waals surface area contributed by atoms with E-state index in [9.17, 15) is 4.39 Å². The Morgan fingerprint density at radius 2 is 1.91 bits per heavy atom. The Labute approximate surface area is 205 Å². The summed E-state index contributed by atoms with van der Waals surface area (Å²) in [4.78, 5) is 14.4. The monoisotopic (exact) mass is 472 g/mol. The highest BCUT2D eigenvalue weighted by atomic mass is 19.1. The summed E-state index contributed by atoms with van der Waals surface area (Å²) in [6.45, 7) is 4.60. The number of nitrogens with one attached hydrogen (secondary N) is 1. The van der Waals surface area contributed by atoms with E-state index in [2.05, 4.69) is 36.3 Å². The normalized spacial score (nSPS) is 21.2. The van der Waals surface area contributed by atoms with Crippen LogP contribution in [0.15, 0.2) is 70.7 Å². The van der Waals surface area contributed by atoms with Crippen LogP contribution in [0.3, 0.4) is 0 Å². The lowest BCUT2D eigenvalue weighted by Crippen LogP contribution is -2.22. The average Bonchev–Trinajstić information content (AvgIpc) is 3.02. The number of anilines is 2. The lowest BCUT2D eigenvalue weighted by molar-refractivity contribution is 0.355. The Balaban J connectivity index is 1.52. The smallest absolute Gasteiger partial charge is 0.227 e. The lowest BCUT2D eigenvalue weighted by atomic mass is 9.79. The maximum atomic E-state index is 14.9. The first kappa shape index (κ1) is 23.0. The van der Waals surface area contributed by atoms with E-state index >= 15 is 0 Å². The van der Waals surface area contributed by atoms with Gasteiger partial charge in [0.25, 0.3) is 0 Å². The number of benzene rings is 1. The highest BCUT2D eigenvalue weighted by Crippen LogP contribution is 2.40. The van der Waals surface area contributed by atoms with Gasteiger partial charge in [-0.3, -0.25) is 4.99 Å². The molecule has 180 valence electrons. The third kappa shape index (κ3) is 4.50. The van der Waals surface area contributed by atoms with Crippen molar-refractivity contribution in [3.63, 3.8) is 0 Å². The molecular formula is C28H29FN4O2. The zero-order valence-corrected chi connectivity index (χ0v) is 20.4. The number of rotatable bonds is 5. The fraction of sp³-hybridized carbons (Fsp3) is 0.321. The molecule has 1 aromatic carbocycles. The number of nitrogens with zero attached hydrogens (tertiary/aromatic N) is 3. The first-order valence-corrected chi connectivity index (χ1v) is 11.8. The van der Waals surface area contributed by atoms with Crippen LogP contribution in [-0.2, 0) is 6.54 Å². The summed E-state index contributed by atoms with van der Waals surface area (Å²) in [6.07, 6.45) is 11.3. The molecule has 1 aromatic heterocycles. The van der Waals surface area contributed by atoms with Crippen LogP contribution in [0.2, 0.25) is 0 Å². The highest BCUT2D eigenvalue weighted by Gasteiger charge is 2.33. The molecule has 6 nitrogen and oxygen atoms in total. The molecule has 7 heteroatoms. The van der Waals surface area contributed by atoms with Gasteiger partial charge in [0.05, 0.1) is 32.2 Å². The third-order valence-electron chi connectivity index (χ3n) is 6.61. The molecule has 2 aliphatic carbocycles. The molecule has 1 aliphatic heterocycles. The summed E-state index contributed by atoms with van der Waals surface area (Å²) >= 11 is 0. The van der Waals surface area contributed by atoms with E-state index in [4.69, 9.17) is 19.5 Å². The summed E-state index contributed by atoms with van der Waals surface area (Å²) in [5.74, 6) is 1.78. The van der Waals surface area contributed by atoms with E-state index in [1.54, 1.807) is 20.3 Å². The summed E-state index contributed by atoms with van der Waals surface area (Å²) in [7, 11) is 3.21. The van der Waals surface area contributed by atoms with E-state index in [0.717, 1.165) is 34.7 Å². The third-order valence-corrected chi connectivity index (χ3v) is 6.61. The second-order valence-electron chi connectivity index (χ2n) is 9.15. The van der Waals surface area contributed by atoms with Gasteiger partial charge in [-0.25, -0.2) is 14.4 Å². The Bertz CT molecular complexity index is 1320. The van der Waals surface area contributed by atoms with Crippen LogP contribution in [0, 0.1) is 11.8 Å². The van der Waals surface area contributed by atoms with Crippen molar-refractivity contribution in [2.45, 2.75) is 33.2 Å². The molecule has 35 heavy (non-hydrogen) atoms. The maximum Gasteiger partial charge on any atom is 0.227 e. The van der Waals surface area contributed by atoms with Gasteiger partial charge in [0.2, 0.25) is 5.95 Å². The number of aliphatic imine (C=N–C) groups is 1. The number of methoxy groups -OCH3 is 2. The lowest BCUT2D eigenvalue weighted by Gasteiger charge is -2.26. The Hall–Kier alpha value is -3.74. The van der Waals surface area contributed by atoms with Crippen molar-refractivity contribution in [1.29, 1.82) is 0 Å². The van der Waals surface area contributed by atoms with E-state index in [1.165, 1.54) is 5.57 Å². The fourth-order valence-corrected chi connectivity index (χ4v) is 4.80. The van der Waals surface area contributed by atoms with Crippen LogP contribution < -0.4 is 14.8 Å². The first-order valence-electron chi connectivity index (χ1n) is 11.8. The maximum absolute atomic E-state index is 14.9. The number of halogens is 1. The van der Waals surface area contributed by atoms with Crippen LogP contribution in [0.1, 0.15) is 37.9 Å². The molecule has 0 saturated carbocycles. The fourth-order valence-electron chi connectivity index (χ4n) is 4.80. The van der Waals surface area contributed by atoms with Crippen LogP contribution in [0.5, 0.6) is 11.5 Å². The summed E-state index contributed by atoms with van der Waals surface area (Å²) in [6, 6.07) is 5.56. The van der Waals surface area contributed by atoms with E-state index < -0.39 is 0 Å². The number of ether oxygens (including phenoxy) is 2. The molecule has 0 spiro atoms. The SMILES string of the molecule is COc1ccc(Nc2ncc3c(n2)C2=CC(C)=CCC2C(C2=CC(C)CC=C2F)=NC3)cc1OC. The molecule has 0 fully saturated rings. The van der Waals surface area contributed by atoms with Gasteiger partial charge in [-0.2, -0.15) is 0 Å². The van der Waals surface area contributed by atoms with Crippen LogP contribution in [0.25, 0.3) is 5.57 Å². The van der Waals surface area contributed by atoms with Gasteiger partial charge in [-0.15, -0.1) is 0 Å². The summed E-state index contributed by atoms with van der Waals surface area (Å²) in [5, 5.41) is 3.28. The molecule has 2 aromatic rings.